The van der Waals surface area contributed by atoms with Gasteiger partial charge in [0.2, 0.25) is 0 Å². The Bertz CT molecular complexity index is 739. The fraction of sp³-hybridized carbons (Fsp3) is 0.100. The van der Waals surface area contributed by atoms with Crippen molar-refractivity contribution in [3.8, 4) is 0 Å². The van der Waals surface area contributed by atoms with Crippen LogP contribution in [0.3, 0.4) is 0 Å². The molecule has 114 valence electrons. The normalized spacial score (nSPS) is 10.4. The number of nitro groups is 1. The Balaban J connectivity index is 1.97. The van der Waals surface area contributed by atoms with Crippen molar-refractivity contribution in [2.75, 3.05) is 0 Å². The Labute approximate surface area is 135 Å². The molecule has 0 atom stereocenters. The van der Waals surface area contributed by atoms with E-state index in [9.17, 15) is 10.1 Å². The molecule has 3 heteroatoms. The Morgan fingerprint density at radius 1 is 0.652 bits per heavy atom. The van der Waals surface area contributed by atoms with Crippen molar-refractivity contribution in [3.63, 3.8) is 0 Å². The summed E-state index contributed by atoms with van der Waals surface area (Å²) in [7, 11) is 0. The van der Waals surface area contributed by atoms with Crippen molar-refractivity contribution < 1.29 is 4.92 Å². The van der Waals surface area contributed by atoms with Crippen molar-refractivity contribution in [1.82, 2.24) is 0 Å². The number of nitro benzene ring substituents is 1. The topological polar surface area (TPSA) is 43.1 Å². The van der Waals surface area contributed by atoms with E-state index in [0.717, 1.165) is 22.3 Å². The lowest BCUT2D eigenvalue weighted by Gasteiger charge is -2.08. The second kappa shape index (κ2) is 6.88. The van der Waals surface area contributed by atoms with Gasteiger partial charge in [0.15, 0.2) is 0 Å². The summed E-state index contributed by atoms with van der Waals surface area (Å²) >= 11 is 0. The summed E-state index contributed by atoms with van der Waals surface area (Å²) in [5, 5.41) is 11.6. The van der Waals surface area contributed by atoms with E-state index < -0.39 is 0 Å². The number of para-hydroxylation sites is 1. The van der Waals surface area contributed by atoms with Gasteiger partial charge in [-0.3, -0.25) is 10.1 Å². The monoisotopic (exact) mass is 303 g/mol. The average Bonchev–Trinajstić information content (AvgIpc) is 2.56. The average molecular weight is 303 g/mol. The molecule has 0 spiro atoms. The standard InChI is InChI=1S/C20H17NO2/c22-21(23)20-18(14-16-8-3-1-4-9-16)12-7-13-19(20)15-17-10-5-2-6-11-17/h1-13H,14-15H2. The van der Waals surface area contributed by atoms with Crippen LogP contribution < -0.4 is 0 Å². The molecule has 3 aromatic carbocycles. The van der Waals surface area contributed by atoms with Gasteiger partial charge < -0.3 is 0 Å². The lowest BCUT2D eigenvalue weighted by atomic mass is 9.96. The predicted octanol–water partition coefficient (Wildman–Crippen LogP) is 4.78. The molecule has 0 aliphatic carbocycles. The van der Waals surface area contributed by atoms with E-state index in [-0.39, 0.29) is 10.6 Å². The fourth-order valence-electron chi connectivity index (χ4n) is 2.80. The van der Waals surface area contributed by atoms with Gasteiger partial charge in [0.05, 0.1) is 4.92 Å². The van der Waals surface area contributed by atoms with Crippen LogP contribution in [0.2, 0.25) is 0 Å². The first-order chi connectivity index (χ1) is 11.2. The molecule has 0 aliphatic heterocycles. The van der Waals surface area contributed by atoms with Crippen LogP contribution in [0, 0.1) is 10.1 Å². The van der Waals surface area contributed by atoms with Crippen LogP contribution in [-0.2, 0) is 12.8 Å². The number of rotatable bonds is 5. The van der Waals surface area contributed by atoms with E-state index in [1.807, 2.05) is 78.9 Å². The third-order valence-electron chi connectivity index (χ3n) is 3.86. The van der Waals surface area contributed by atoms with Gasteiger partial charge in [-0.15, -0.1) is 0 Å². The Morgan fingerprint density at radius 3 is 1.48 bits per heavy atom. The lowest BCUT2D eigenvalue weighted by molar-refractivity contribution is -0.386. The maximum Gasteiger partial charge on any atom is 0.276 e. The molecular formula is C20H17NO2. The van der Waals surface area contributed by atoms with Crippen LogP contribution in [0.1, 0.15) is 22.3 Å². The molecule has 0 saturated heterocycles. The Morgan fingerprint density at radius 2 is 1.09 bits per heavy atom. The van der Waals surface area contributed by atoms with E-state index in [4.69, 9.17) is 0 Å². The van der Waals surface area contributed by atoms with Crippen LogP contribution in [0.5, 0.6) is 0 Å². The third-order valence-corrected chi connectivity index (χ3v) is 3.86. The molecule has 3 rings (SSSR count). The molecule has 0 radical (unpaired) electrons. The van der Waals surface area contributed by atoms with Crippen LogP contribution in [0.15, 0.2) is 78.9 Å². The third kappa shape index (κ3) is 3.64. The highest BCUT2D eigenvalue weighted by Gasteiger charge is 2.19. The quantitative estimate of drug-likeness (QED) is 0.503. The van der Waals surface area contributed by atoms with Crippen LogP contribution in [0.25, 0.3) is 0 Å². The number of hydrogen-bond acceptors (Lipinski definition) is 2. The molecule has 0 fully saturated rings. The molecule has 0 saturated carbocycles. The summed E-state index contributed by atoms with van der Waals surface area (Å²) < 4.78 is 0. The zero-order valence-corrected chi connectivity index (χ0v) is 12.7. The van der Waals surface area contributed by atoms with Crippen LogP contribution >= 0.6 is 0 Å². The molecule has 0 unspecified atom stereocenters. The molecule has 3 aromatic rings. The predicted molar refractivity (Wildman–Crippen MR) is 91.6 cm³/mol. The SMILES string of the molecule is O=[N+]([O-])c1c(Cc2ccccc2)cccc1Cc1ccccc1. The summed E-state index contributed by atoms with van der Waals surface area (Å²) in [4.78, 5) is 11.4. The number of hydrogen-bond donors (Lipinski definition) is 0. The van der Waals surface area contributed by atoms with Crippen LogP contribution in [-0.4, -0.2) is 4.92 Å². The molecule has 0 bridgehead atoms. The molecule has 0 heterocycles. The fourth-order valence-corrected chi connectivity index (χ4v) is 2.80. The maximum atomic E-state index is 11.6. The van der Waals surface area contributed by atoms with Crippen molar-refractivity contribution in [1.29, 1.82) is 0 Å². The maximum absolute atomic E-state index is 11.6. The van der Waals surface area contributed by atoms with E-state index in [1.165, 1.54) is 0 Å². The molecule has 0 N–H and O–H groups in total. The minimum Gasteiger partial charge on any atom is -0.258 e. The summed E-state index contributed by atoms with van der Waals surface area (Å²) in [5.41, 5.74) is 3.91. The van der Waals surface area contributed by atoms with Gasteiger partial charge >= 0.3 is 0 Å². The highest BCUT2D eigenvalue weighted by atomic mass is 16.6. The van der Waals surface area contributed by atoms with E-state index in [2.05, 4.69) is 0 Å². The highest BCUT2D eigenvalue weighted by Crippen LogP contribution is 2.28. The summed E-state index contributed by atoms with van der Waals surface area (Å²) in [5.74, 6) is 0. The van der Waals surface area contributed by atoms with Gasteiger partial charge in [0.25, 0.3) is 5.69 Å². The van der Waals surface area contributed by atoms with Crippen LogP contribution in [0.4, 0.5) is 5.69 Å². The molecule has 0 aliphatic rings. The van der Waals surface area contributed by atoms with Gasteiger partial charge in [-0.2, -0.15) is 0 Å². The van der Waals surface area contributed by atoms with Crippen molar-refractivity contribution in [2.45, 2.75) is 12.8 Å². The minimum absolute atomic E-state index is 0.236. The lowest BCUT2D eigenvalue weighted by Crippen LogP contribution is -2.02. The smallest absolute Gasteiger partial charge is 0.258 e. The van der Waals surface area contributed by atoms with Gasteiger partial charge in [-0.1, -0.05) is 78.9 Å². The first kappa shape index (κ1) is 15.0. The largest absolute Gasteiger partial charge is 0.276 e. The summed E-state index contributed by atoms with van der Waals surface area (Å²) in [6.07, 6.45) is 1.14. The highest BCUT2D eigenvalue weighted by molar-refractivity contribution is 5.51. The summed E-state index contributed by atoms with van der Waals surface area (Å²) in [6, 6.07) is 25.3. The molecular weight excluding hydrogens is 286 g/mol. The van der Waals surface area contributed by atoms with Crippen molar-refractivity contribution in [3.05, 3.63) is 111 Å². The number of nitrogens with zero attached hydrogens (tertiary/aromatic N) is 1. The molecule has 23 heavy (non-hydrogen) atoms. The van der Waals surface area contributed by atoms with Gasteiger partial charge in [-0.05, 0) is 11.1 Å². The first-order valence-electron chi connectivity index (χ1n) is 7.57. The van der Waals surface area contributed by atoms with Gasteiger partial charge in [-0.25, -0.2) is 0 Å². The molecule has 0 aromatic heterocycles. The molecule has 3 nitrogen and oxygen atoms in total. The second-order valence-electron chi connectivity index (χ2n) is 5.51. The summed E-state index contributed by atoms with van der Waals surface area (Å²) in [6.45, 7) is 0. The van der Waals surface area contributed by atoms with Crippen molar-refractivity contribution >= 4 is 5.69 Å². The second-order valence-corrected chi connectivity index (χ2v) is 5.51. The molecule has 0 amide bonds. The zero-order chi connectivity index (χ0) is 16.1. The first-order valence-corrected chi connectivity index (χ1v) is 7.57. The van der Waals surface area contributed by atoms with E-state index in [0.29, 0.717) is 12.8 Å². The van der Waals surface area contributed by atoms with E-state index in [1.54, 1.807) is 0 Å². The van der Waals surface area contributed by atoms with Gasteiger partial charge in [0.1, 0.15) is 0 Å². The Hall–Kier alpha value is -2.94. The van der Waals surface area contributed by atoms with Gasteiger partial charge in [0, 0.05) is 24.0 Å². The number of benzene rings is 3. The minimum atomic E-state index is -0.253. The zero-order valence-electron chi connectivity index (χ0n) is 12.7. The Kier molecular flexibility index (Phi) is 4.48. The van der Waals surface area contributed by atoms with E-state index >= 15 is 0 Å². The van der Waals surface area contributed by atoms with Crippen molar-refractivity contribution in [2.24, 2.45) is 0 Å².